The Kier molecular flexibility index (Phi) is 3.55. The van der Waals surface area contributed by atoms with Crippen molar-refractivity contribution in [3.63, 3.8) is 0 Å². The summed E-state index contributed by atoms with van der Waals surface area (Å²) in [4.78, 5) is 35.8. The summed E-state index contributed by atoms with van der Waals surface area (Å²) in [5, 5.41) is 5.95. The van der Waals surface area contributed by atoms with E-state index in [0.29, 0.717) is 25.9 Å². The van der Waals surface area contributed by atoms with Crippen molar-refractivity contribution in [2.45, 2.75) is 19.8 Å². The molecule has 0 spiro atoms. The molecule has 1 fully saturated rings. The molecule has 0 aliphatic carbocycles. The first-order valence-corrected chi connectivity index (χ1v) is 5.93. The second-order valence-corrected chi connectivity index (χ2v) is 4.48. The molecule has 6 heteroatoms. The van der Waals surface area contributed by atoms with Gasteiger partial charge in [0, 0.05) is 25.1 Å². The van der Waals surface area contributed by atoms with E-state index in [-0.39, 0.29) is 28.9 Å². The van der Waals surface area contributed by atoms with Gasteiger partial charge in [0.2, 0.25) is 0 Å². The Labute approximate surface area is 104 Å². The summed E-state index contributed by atoms with van der Waals surface area (Å²) in [5.41, 5.74) is -0.0993. The van der Waals surface area contributed by atoms with Crippen LogP contribution >= 0.6 is 0 Å². The van der Waals surface area contributed by atoms with E-state index in [2.05, 4.69) is 10.2 Å². The van der Waals surface area contributed by atoms with Gasteiger partial charge in [0.25, 0.3) is 11.5 Å². The number of hydrogen-bond donors (Lipinski definition) is 1. The fourth-order valence-electron chi connectivity index (χ4n) is 2.11. The number of rotatable bonds is 2. The summed E-state index contributed by atoms with van der Waals surface area (Å²) in [6.45, 7) is 2.71. The van der Waals surface area contributed by atoms with Gasteiger partial charge in [-0.25, -0.2) is 5.10 Å². The number of nitrogens with zero attached hydrogens (tertiary/aromatic N) is 2. The topological polar surface area (TPSA) is 83.1 Å². The van der Waals surface area contributed by atoms with Gasteiger partial charge < -0.3 is 4.90 Å². The average Bonchev–Trinajstić information content (AvgIpc) is 2.39. The Morgan fingerprint density at radius 3 is 2.50 bits per heavy atom. The number of carbonyl (C=O) groups excluding carboxylic acids is 2. The minimum atomic E-state index is -0.332. The van der Waals surface area contributed by atoms with Gasteiger partial charge in [-0.2, -0.15) is 5.10 Å². The Hall–Kier alpha value is -1.98. The molecule has 2 heterocycles. The van der Waals surface area contributed by atoms with Crippen LogP contribution in [0.3, 0.4) is 0 Å². The summed E-state index contributed by atoms with van der Waals surface area (Å²) in [5.74, 6) is 0.0510. The minimum absolute atomic E-state index is 0.0672. The number of likely N-dealkylation sites (tertiary alicyclic amines) is 1. The molecule has 0 radical (unpaired) electrons. The second-order valence-electron chi connectivity index (χ2n) is 4.48. The highest BCUT2D eigenvalue weighted by Gasteiger charge is 2.26. The van der Waals surface area contributed by atoms with Crippen molar-refractivity contribution >= 4 is 11.7 Å². The molecule has 1 aliphatic rings. The highest BCUT2D eigenvalue weighted by atomic mass is 16.2. The molecule has 0 saturated carbocycles. The Morgan fingerprint density at radius 1 is 1.33 bits per heavy atom. The third-order valence-electron chi connectivity index (χ3n) is 3.26. The maximum Gasteiger partial charge on any atom is 0.274 e. The predicted octanol–water partition coefficient (Wildman–Crippen LogP) is 0.211. The molecule has 18 heavy (non-hydrogen) atoms. The van der Waals surface area contributed by atoms with E-state index in [4.69, 9.17) is 0 Å². The average molecular weight is 249 g/mol. The molecular formula is C12H15N3O3. The highest BCUT2D eigenvalue weighted by Crippen LogP contribution is 2.18. The zero-order valence-corrected chi connectivity index (χ0v) is 10.2. The number of amides is 1. The molecule has 1 aromatic heterocycles. The SMILES string of the molecule is CC(=O)C1CCN(C(=O)c2ccc(=O)[nH]n2)CC1. The molecule has 0 unspecified atom stereocenters. The molecular weight excluding hydrogens is 234 g/mol. The van der Waals surface area contributed by atoms with Crippen LogP contribution in [0.2, 0.25) is 0 Å². The summed E-state index contributed by atoms with van der Waals surface area (Å²) in [6, 6.07) is 2.70. The second kappa shape index (κ2) is 5.12. The lowest BCUT2D eigenvalue weighted by Gasteiger charge is -2.30. The fraction of sp³-hybridized carbons (Fsp3) is 0.500. The van der Waals surface area contributed by atoms with Crippen molar-refractivity contribution in [1.29, 1.82) is 0 Å². The van der Waals surface area contributed by atoms with Gasteiger partial charge >= 0.3 is 0 Å². The Morgan fingerprint density at radius 2 is 2.00 bits per heavy atom. The van der Waals surface area contributed by atoms with Crippen LogP contribution in [0.1, 0.15) is 30.3 Å². The number of aromatic nitrogens is 2. The van der Waals surface area contributed by atoms with Gasteiger partial charge in [0.1, 0.15) is 11.5 Å². The van der Waals surface area contributed by atoms with Crippen LogP contribution in [-0.2, 0) is 4.79 Å². The monoisotopic (exact) mass is 249 g/mol. The van der Waals surface area contributed by atoms with E-state index in [1.807, 2.05) is 0 Å². The molecule has 1 amide bonds. The largest absolute Gasteiger partial charge is 0.337 e. The summed E-state index contributed by atoms with van der Waals surface area (Å²) in [6.07, 6.45) is 1.40. The van der Waals surface area contributed by atoms with Gasteiger partial charge in [0.15, 0.2) is 0 Å². The van der Waals surface area contributed by atoms with Crippen molar-refractivity contribution in [1.82, 2.24) is 15.1 Å². The minimum Gasteiger partial charge on any atom is -0.337 e. The van der Waals surface area contributed by atoms with Gasteiger partial charge in [-0.05, 0) is 25.8 Å². The maximum absolute atomic E-state index is 12.0. The third-order valence-corrected chi connectivity index (χ3v) is 3.26. The zero-order chi connectivity index (χ0) is 13.1. The zero-order valence-electron chi connectivity index (χ0n) is 10.2. The Balaban J connectivity index is 2.01. The van der Waals surface area contributed by atoms with Crippen LogP contribution in [0.4, 0.5) is 0 Å². The Bertz CT molecular complexity index is 495. The summed E-state index contributed by atoms with van der Waals surface area (Å²) >= 11 is 0. The standard InChI is InChI=1S/C12H15N3O3/c1-8(16)9-4-6-15(7-5-9)12(18)10-2-3-11(17)14-13-10/h2-3,9H,4-7H2,1H3,(H,14,17). The number of hydrogen-bond acceptors (Lipinski definition) is 4. The number of Topliss-reactive ketones (excluding diaryl/α,β-unsaturated/α-hetero) is 1. The lowest BCUT2D eigenvalue weighted by atomic mass is 9.93. The van der Waals surface area contributed by atoms with Crippen LogP contribution in [0.15, 0.2) is 16.9 Å². The number of H-pyrrole nitrogens is 1. The molecule has 0 bridgehead atoms. The lowest BCUT2D eigenvalue weighted by Crippen LogP contribution is -2.40. The van der Waals surface area contributed by atoms with Gasteiger partial charge in [0.05, 0.1) is 0 Å². The van der Waals surface area contributed by atoms with E-state index < -0.39 is 0 Å². The maximum atomic E-state index is 12.0. The first-order valence-electron chi connectivity index (χ1n) is 5.93. The first-order chi connectivity index (χ1) is 8.58. The van der Waals surface area contributed by atoms with Gasteiger partial charge in [-0.3, -0.25) is 14.4 Å². The first kappa shape index (κ1) is 12.5. The van der Waals surface area contributed by atoms with E-state index >= 15 is 0 Å². The van der Waals surface area contributed by atoms with Crippen molar-refractivity contribution in [3.8, 4) is 0 Å². The highest BCUT2D eigenvalue weighted by molar-refractivity contribution is 5.92. The molecule has 0 atom stereocenters. The smallest absolute Gasteiger partial charge is 0.274 e. The number of carbonyl (C=O) groups is 2. The fourth-order valence-corrected chi connectivity index (χ4v) is 2.11. The molecule has 0 aromatic carbocycles. The van der Waals surface area contributed by atoms with Gasteiger partial charge in [-0.1, -0.05) is 0 Å². The van der Waals surface area contributed by atoms with Crippen LogP contribution in [0.25, 0.3) is 0 Å². The van der Waals surface area contributed by atoms with Crippen molar-refractivity contribution < 1.29 is 9.59 Å². The predicted molar refractivity (Wildman–Crippen MR) is 64.2 cm³/mol. The molecule has 6 nitrogen and oxygen atoms in total. The number of nitrogens with one attached hydrogen (secondary N) is 1. The number of ketones is 1. The van der Waals surface area contributed by atoms with E-state index in [0.717, 1.165) is 0 Å². The van der Waals surface area contributed by atoms with E-state index in [9.17, 15) is 14.4 Å². The van der Waals surface area contributed by atoms with E-state index in [1.165, 1.54) is 12.1 Å². The number of aromatic amines is 1. The quantitative estimate of drug-likeness (QED) is 0.812. The van der Waals surface area contributed by atoms with Crippen molar-refractivity contribution in [3.05, 3.63) is 28.2 Å². The normalized spacial score (nSPS) is 16.6. The van der Waals surface area contributed by atoms with Crippen molar-refractivity contribution in [2.75, 3.05) is 13.1 Å². The van der Waals surface area contributed by atoms with Crippen LogP contribution in [0, 0.1) is 5.92 Å². The van der Waals surface area contributed by atoms with Crippen LogP contribution < -0.4 is 5.56 Å². The third kappa shape index (κ3) is 2.64. The number of piperidine rings is 1. The van der Waals surface area contributed by atoms with Crippen LogP contribution in [-0.4, -0.2) is 39.9 Å². The van der Waals surface area contributed by atoms with Crippen LogP contribution in [0.5, 0.6) is 0 Å². The molecule has 96 valence electrons. The molecule has 2 rings (SSSR count). The molecule has 1 aliphatic heterocycles. The van der Waals surface area contributed by atoms with Crippen molar-refractivity contribution in [2.24, 2.45) is 5.92 Å². The molecule has 1 saturated heterocycles. The van der Waals surface area contributed by atoms with Gasteiger partial charge in [-0.15, -0.1) is 0 Å². The van der Waals surface area contributed by atoms with E-state index in [1.54, 1.807) is 11.8 Å². The summed E-state index contributed by atoms with van der Waals surface area (Å²) in [7, 11) is 0. The molecule has 1 aromatic rings. The summed E-state index contributed by atoms with van der Waals surface area (Å²) < 4.78 is 0. The molecule has 1 N–H and O–H groups in total. The lowest BCUT2D eigenvalue weighted by molar-refractivity contribution is -0.121.